The van der Waals surface area contributed by atoms with Crippen molar-refractivity contribution in [3.8, 4) is 11.5 Å². The van der Waals surface area contributed by atoms with Crippen LogP contribution in [0, 0.1) is 6.92 Å². The lowest BCUT2D eigenvalue weighted by molar-refractivity contribution is 0.282. The van der Waals surface area contributed by atoms with Crippen LogP contribution < -0.4 is 14.8 Å². The maximum Gasteiger partial charge on any atom is 0.175 e. The van der Waals surface area contributed by atoms with Crippen LogP contribution in [0.25, 0.3) is 0 Å². The van der Waals surface area contributed by atoms with Gasteiger partial charge in [0.1, 0.15) is 6.61 Å². The first-order chi connectivity index (χ1) is 13.2. The van der Waals surface area contributed by atoms with Crippen LogP contribution in [0.15, 0.2) is 65.4 Å². The lowest BCUT2D eigenvalue weighted by atomic mass is 10.1. The van der Waals surface area contributed by atoms with Gasteiger partial charge in [0.2, 0.25) is 0 Å². The largest absolute Gasteiger partial charge is 0.493 e. The minimum atomic E-state index is 0.438. The number of hydrogen-bond donors (Lipinski definition) is 1. The number of pyridine rings is 1. The lowest BCUT2D eigenvalue weighted by Crippen LogP contribution is -2.13. The van der Waals surface area contributed by atoms with Crippen molar-refractivity contribution in [2.75, 3.05) is 7.11 Å². The van der Waals surface area contributed by atoms with E-state index in [0.717, 1.165) is 28.7 Å². The topological polar surface area (TPSA) is 43.4 Å². The Kier molecular flexibility index (Phi) is 6.85. The van der Waals surface area contributed by atoms with Gasteiger partial charge in [-0.25, -0.2) is 0 Å². The molecule has 0 bridgehead atoms. The fourth-order valence-corrected chi connectivity index (χ4v) is 3.32. The van der Waals surface area contributed by atoms with Gasteiger partial charge in [-0.1, -0.05) is 35.9 Å². The molecule has 3 aromatic rings. The normalized spacial score (nSPS) is 10.6. The summed E-state index contributed by atoms with van der Waals surface area (Å²) < 4.78 is 12.4. The first-order valence-corrected chi connectivity index (χ1v) is 9.59. The summed E-state index contributed by atoms with van der Waals surface area (Å²) in [6.07, 6.45) is 3.54. The second-order valence-corrected chi connectivity index (χ2v) is 7.20. The molecular weight excluding hydrogens is 404 g/mol. The Morgan fingerprint density at radius 2 is 1.78 bits per heavy atom. The van der Waals surface area contributed by atoms with Crippen LogP contribution in [0.1, 0.15) is 22.3 Å². The molecule has 1 heterocycles. The average molecular weight is 427 g/mol. The predicted octanol–water partition coefficient (Wildman–Crippen LogP) is 5.03. The van der Waals surface area contributed by atoms with Crippen molar-refractivity contribution in [3.05, 3.63) is 87.7 Å². The summed E-state index contributed by atoms with van der Waals surface area (Å²) in [6, 6.07) is 16.5. The van der Waals surface area contributed by atoms with Crippen LogP contribution >= 0.6 is 15.9 Å². The molecule has 0 aliphatic heterocycles. The Bertz CT molecular complexity index is 867. The Labute approximate surface area is 168 Å². The molecule has 140 valence electrons. The summed E-state index contributed by atoms with van der Waals surface area (Å²) >= 11 is 3.61. The van der Waals surface area contributed by atoms with Crippen molar-refractivity contribution >= 4 is 15.9 Å². The number of nitrogens with zero attached hydrogens (tertiary/aromatic N) is 1. The SMILES string of the molecule is COc1cc(CNCc2ccc(C)cc2)cc(Br)c1OCc1cccnc1. The highest BCUT2D eigenvalue weighted by molar-refractivity contribution is 9.10. The fourth-order valence-electron chi connectivity index (χ4n) is 2.71. The van der Waals surface area contributed by atoms with Crippen LogP contribution in [0.2, 0.25) is 0 Å². The molecule has 1 aromatic heterocycles. The number of nitrogens with one attached hydrogen (secondary N) is 1. The van der Waals surface area contributed by atoms with Crippen molar-refractivity contribution in [1.29, 1.82) is 0 Å². The Morgan fingerprint density at radius 1 is 1.00 bits per heavy atom. The average Bonchev–Trinajstić information content (AvgIpc) is 2.69. The highest BCUT2D eigenvalue weighted by Gasteiger charge is 2.12. The van der Waals surface area contributed by atoms with Gasteiger partial charge >= 0.3 is 0 Å². The van der Waals surface area contributed by atoms with E-state index in [2.05, 4.69) is 63.5 Å². The van der Waals surface area contributed by atoms with E-state index in [9.17, 15) is 0 Å². The maximum atomic E-state index is 5.95. The van der Waals surface area contributed by atoms with Gasteiger partial charge in [0.05, 0.1) is 11.6 Å². The smallest absolute Gasteiger partial charge is 0.175 e. The summed E-state index contributed by atoms with van der Waals surface area (Å²) in [5.74, 6) is 1.41. The molecule has 1 N–H and O–H groups in total. The first-order valence-electron chi connectivity index (χ1n) is 8.80. The van der Waals surface area contributed by atoms with Crippen LogP contribution in [-0.2, 0) is 19.7 Å². The van der Waals surface area contributed by atoms with Crippen LogP contribution in [0.5, 0.6) is 11.5 Å². The van der Waals surface area contributed by atoms with Gasteiger partial charge < -0.3 is 14.8 Å². The van der Waals surface area contributed by atoms with Crippen molar-refractivity contribution in [2.24, 2.45) is 0 Å². The van der Waals surface area contributed by atoms with E-state index in [1.165, 1.54) is 11.1 Å². The standard InChI is InChI=1S/C22H23BrN2O2/c1-16-5-7-17(8-6-16)12-25-14-19-10-20(23)22(21(11-19)26-2)27-15-18-4-3-9-24-13-18/h3-11,13,25H,12,14-15H2,1-2H3. The number of rotatable bonds is 8. The summed E-state index contributed by atoms with van der Waals surface area (Å²) in [4.78, 5) is 4.11. The molecule has 0 unspecified atom stereocenters. The third-order valence-electron chi connectivity index (χ3n) is 4.17. The number of aryl methyl sites for hydroxylation is 1. The Hall–Kier alpha value is -2.37. The zero-order chi connectivity index (χ0) is 19.1. The molecule has 0 radical (unpaired) electrons. The van der Waals surface area contributed by atoms with E-state index in [-0.39, 0.29) is 0 Å². The number of methoxy groups -OCH3 is 1. The zero-order valence-corrected chi connectivity index (χ0v) is 17.1. The number of ether oxygens (including phenoxy) is 2. The molecule has 5 heteroatoms. The minimum absolute atomic E-state index is 0.438. The monoisotopic (exact) mass is 426 g/mol. The molecule has 0 aliphatic carbocycles. The highest BCUT2D eigenvalue weighted by atomic mass is 79.9. The highest BCUT2D eigenvalue weighted by Crippen LogP contribution is 2.37. The van der Waals surface area contributed by atoms with E-state index < -0.39 is 0 Å². The van der Waals surface area contributed by atoms with Gasteiger partial charge in [0.25, 0.3) is 0 Å². The molecule has 4 nitrogen and oxygen atoms in total. The lowest BCUT2D eigenvalue weighted by Gasteiger charge is -2.15. The molecule has 0 aliphatic rings. The maximum absolute atomic E-state index is 5.95. The number of aromatic nitrogens is 1. The molecular formula is C22H23BrN2O2. The third kappa shape index (κ3) is 5.55. The number of hydrogen-bond acceptors (Lipinski definition) is 4. The zero-order valence-electron chi connectivity index (χ0n) is 15.5. The first kappa shape index (κ1) is 19.4. The minimum Gasteiger partial charge on any atom is -0.493 e. The van der Waals surface area contributed by atoms with Gasteiger partial charge in [-0.3, -0.25) is 4.98 Å². The quantitative estimate of drug-likeness (QED) is 0.548. The van der Waals surface area contributed by atoms with Crippen molar-refractivity contribution in [3.63, 3.8) is 0 Å². The molecule has 0 saturated heterocycles. The molecule has 0 fully saturated rings. The summed E-state index contributed by atoms with van der Waals surface area (Å²) in [6.45, 7) is 4.10. The van der Waals surface area contributed by atoms with Gasteiger partial charge in [-0.05, 0) is 52.2 Å². The van der Waals surface area contributed by atoms with Crippen molar-refractivity contribution < 1.29 is 9.47 Å². The second kappa shape index (κ2) is 9.53. The van der Waals surface area contributed by atoms with Crippen LogP contribution in [0.4, 0.5) is 0 Å². The molecule has 0 spiro atoms. The molecule has 2 aromatic carbocycles. The van der Waals surface area contributed by atoms with Gasteiger partial charge in [-0.2, -0.15) is 0 Å². The predicted molar refractivity (Wildman–Crippen MR) is 111 cm³/mol. The molecule has 27 heavy (non-hydrogen) atoms. The van der Waals surface area contributed by atoms with E-state index in [0.29, 0.717) is 18.1 Å². The molecule has 0 amide bonds. The van der Waals surface area contributed by atoms with E-state index in [4.69, 9.17) is 9.47 Å². The molecule has 0 atom stereocenters. The van der Waals surface area contributed by atoms with Crippen LogP contribution in [-0.4, -0.2) is 12.1 Å². The van der Waals surface area contributed by atoms with Gasteiger partial charge in [0, 0.05) is 31.0 Å². The summed E-state index contributed by atoms with van der Waals surface area (Å²) in [7, 11) is 1.65. The second-order valence-electron chi connectivity index (χ2n) is 6.35. The van der Waals surface area contributed by atoms with Crippen LogP contribution in [0.3, 0.4) is 0 Å². The third-order valence-corrected chi connectivity index (χ3v) is 4.76. The van der Waals surface area contributed by atoms with E-state index in [1.54, 1.807) is 19.5 Å². The van der Waals surface area contributed by atoms with Gasteiger partial charge in [0.15, 0.2) is 11.5 Å². The number of halogens is 1. The van der Waals surface area contributed by atoms with Crippen molar-refractivity contribution in [2.45, 2.75) is 26.6 Å². The molecule has 0 saturated carbocycles. The molecule has 3 rings (SSSR count). The Morgan fingerprint density at radius 3 is 2.48 bits per heavy atom. The number of benzene rings is 2. The van der Waals surface area contributed by atoms with Gasteiger partial charge in [-0.15, -0.1) is 0 Å². The van der Waals surface area contributed by atoms with E-state index in [1.807, 2.05) is 18.2 Å². The fraction of sp³-hybridized carbons (Fsp3) is 0.227. The Balaban J connectivity index is 1.63. The summed E-state index contributed by atoms with van der Waals surface area (Å²) in [5.41, 5.74) is 4.67. The van der Waals surface area contributed by atoms with Crippen molar-refractivity contribution in [1.82, 2.24) is 10.3 Å². The summed E-state index contributed by atoms with van der Waals surface area (Å²) in [5, 5.41) is 3.47. The van der Waals surface area contributed by atoms with E-state index >= 15 is 0 Å².